The number of hydrogen-bond donors (Lipinski definition) is 1. The van der Waals surface area contributed by atoms with E-state index in [-0.39, 0.29) is 18.1 Å². The number of aromatic nitrogens is 3. The summed E-state index contributed by atoms with van der Waals surface area (Å²) in [5.74, 6) is 2.16. The smallest absolute Gasteiger partial charge is 0.224 e. The summed E-state index contributed by atoms with van der Waals surface area (Å²) in [4.78, 5) is 23.8. The molecule has 0 aliphatic carbocycles. The monoisotopic (exact) mass is 328 g/mol. The fourth-order valence-corrected chi connectivity index (χ4v) is 2.89. The highest BCUT2D eigenvalue weighted by molar-refractivity contribution is 5.94. The normalized spacial score (nSPS) is 12.8. The van der Waals surface area contributed by atoms with Gasteiger partial charge >= 0.3 is 0 Å². The van der Waals surface area contributed by atoms with Crippen molar-refractivity contribution in [3.63, 3.8) is 0 Å². The van der Waals surface area contributed by atoms with Crippen molar-refractivity contribution in [1.29, 1.82) is 0 Å². The number of carbonyl (C=O) groups excluding carboxylic acids is 2. The highest BCUT2D eigenvalue weighted by Gasteiger charge is 2.18. The molecule has 0 atom stereocenters. The van der Waals surface area contributed by atoms with Gasteiger partial charge in [0.1, 0.15) is 11.6 Å². The van der Waals surface area contributed by atoms with Gasteiger partial charge < -0.3 is 14.6 Å². The summed E-state index contributed by atoms with van der Waals surface area (Å²) in [5.41, 5.74) is 1.25. The average molecular weight is 328 g/mol. The Hall–Kier alpha value is -2.70. The third kappa shape index (κ3) is 3.29. The lowest BCUT2D eigenvalue weighted by molar-refractivity contribution is -0.120. The first-order chi connectivity index (χ1) is 11.6. The van der Waals surface area contributed by atoms with E-state index >= 15 is 0 Å². The van der Waals surface area contributed by atoms with Gasteiger partial charge in [0.25, 0.3) is 0 Å². The van der Waals surface area contributed by atoms with Gasteiger partial charge in [0.15, 0.2) is 11.6 Å². The van der Waals surface area contributed by atoms with Crippen LogP contribution in [-0.2, 0) is 30.7 Å². The molecule has 1 aromatic carbocycles. The molecule has 0 saturated heterocycles. The highest BCUT2D eigenvalue weighted by atomic mass is 16.5. The number of carbonyl (C=O) groups is 2. The lowest BCUT2D eigenvalue weighted by Crippen LogP contribution is -2.26. The van der Waals surface area contributed by atoms with E-state index in [9.17, 15) is 9.59 Å². The number of amides is 1. The first-order valence-corrected chi connectivity index (χ1v) is 7.94. The van der Waals surface area contributed by atoms with Crippen molar-refractivity contribution in [1.82, 2.24) is 20.1 Å². The molecule has 1 amide bonds. The van der Waals surface area contributed by atoms with Crippen LogP contribution in [0.25, 0.3) is 0 Å². The van der Waals surface area contributed by atoms with Crippen molar-refractivity contribution in [2.75, 3.05) is 7.11 Å². The number of methoxy groups -OCH3 is 1. The van der Waals surface area contributed by atoms with Gasteiger partial charge in [0.2, 0.25) is 5.91 Å². The van der Waals surface area contributed by atoms with Crippen LogP contribution in [0.4, 0.5) is 0 Å². The number of hydrogen-bond acceptors (Lipinski definition) is 5. The van der Waals surface area contributed by atoms with E-state index in [1.807, 2.05) is 0 Å². The van der Waals surface area contributed by atoms with Crippen molar-refractivity contribution < 1.29 is 14.3 Å². The minimum Gasteiger partial charge on any atom is -0.496 e. The van der Waals surface area contributed by atoms with Crippen LogP contribution in [0.15, 0.2) is 18.2 Å². The molecular formula is C17H20N4O3. The molecule has 3 rings (SSSR count). The molecule has 126 valence electrons. The number of ether oxygens (including phenoxy) is 1. The zero-order valence-corrected chi connectivity index (χ0v) is 13.8. The van der Waals surface area contributed by atoms with Crippen LogP contribution in [0.3, 0.4) is 0 Å². The fraction of sp³-hybridized carbons (Fsp3) is 0.412. The van der Waals surface area contributed by atoms with Gasteiger partial charge in [-0.15, -0.1) is 10.2 Å². The highest BCUT2D eigenvalue weighted by Crippen LogP contribution is 2.21. The molecule has 0 unspecified atom stereocenters. The number of ketones is 1. The number of nitrogens with zero attached hydrogens (tertiary/aromatic N) is 3. The van der Waals surface area contributed by atoms with Crippen molar-refractivity contribution in [2.24, 2.45) is 0 Å². The van der Waals surface area contributed by atoms with Gasteiger partial charge in [-0.2, -0.15) is 0 Å². The number of nitrogens with one attached hydrogen (secondary N) is 1. The zero-order chi connectivity index (χ0) is 17.1. The molecule has 2 heterocycles. The Morgan fingerprint density at radius 1 is 1.33 bits per heavy atom. The molecule has 1 aromatic heterocycles. The molecule has 0 spiro atoms. The Kier molecular flexibility index (Phi) is 4.59. The fourth-order valence-electron chi connectivity index (χ4n) is 2.89. The van der Waals surface area contributed by atoms with E-state index in [0.717, 1.165) is 31.0 Å². The molecular weight excluding hydrogens is 308 g/mol. The predicted octanol–water partition coefficient (Wildman–Crippen LogP) is 1.29. The van der Waals surface area contributed by atoms with Crippen LogP contribution in [0, 0.1) is 0 Å². The largest absolute Gasteiger partial charge is 0.496 e. The van der Waals surface area contributed by atoms with E-state index in [4.69, 9.17) is 4.74 Å². The minimum atomic E-state index is -0.149. The molecule has 1 N–H and O–H groups in total. The maximum absolute atomic E-state index is 12.2. The number of aryl methyl sites for hydroxylation is 1. The zero-order valence-electron chi connectivity index (χ0n) is 13.8. The molecule has 0 fully saturated rings. The van der Waals surface area contributed by atoms with Gasteiger partial charge in [-0.3, -0.25) is 9.59 Å². The summed E-state index contributed by atoms with van der Waals surface area (Å²) in [6.07, 6.45) is 2.15. The van der Waals surface area contributed by atoms with Gasteiger partial charge in [-0.1, -0.05) is 0 Å². The van der Waals surface area contributed by atoms with Crippen LogP contribution < -0.4 is 10.1 Å². The van der Waals surface area contributed by atoms with E-state index in [2.05, 4.69) is 20.1 Å². The molecule has 0 bridgehead atoms. The predicted molar refractivity (Wildman–Crippen MR) is 86.9 cm³/mol. The molecule has 1 aliphatic rings. The Labute approximate surface area is 140 Å². The maximum atomic E-state index is 12.2. The summed E-state index contributed by atoms with van der Waals surface area (Å²) >= 11 is 0. The average Bonchev–Trinajstić information content (AvgIpc) is 3.16. The first kappa shape index (κ1) is 16.2. The van der Waals surface area contributed by atoms with Gasteiger partial charge in [-0.05, 0) is 31.5 Å². The topological polar surface area (TPSA) is 86.1 Å². The second-order valence-corrected chi connectivity index (χ2v) is 5.82. The van der Waals surface area contributed by atoms with Gasteiger partial charge in [0.05, 0.1) is 20.1 Å². The van der Waals surface area contributed by atoms with Crippen molar-refractivity contribution >= 4 is 11.7 Å². The van der Waals surface area contributed by atoms with Crippen molar-refractivity contribution in [3.05, 3.63) is 41.0 Å². The van der Waals surface area contributed by atoms with E-state index in [1.165, 1.54) is 6.92 Å². The molecule has 0 radical (unpaired) electrons. The van der Waals surface area contributed by atoms with Crippen LogP contribution >= 0.6 is 0 Å². The molecule has 1 aliphatic heterocycles. The summed E-state index contributed by atoms with van der Waals surface area (Å²) in [7, 11) is 1.55. The Balaban J connectivity index is 1.66. The summed E-state index contributed by atoms with van der Waals surface area (Å²) in [6, 6.07) is 5.11. The maximum Gasteiger partial charge on any atom is 0.224 e. The number of rotatable bonds is 6. The van der Waals surface area contributed by atoms with Crippen molar-refractivity contribution in [2.45, 2.75) is 39.3 Å². The van der Waals surface area contributed by atoms with E-state index in [1.54, 1.807) is 25.3 Å². The summed E-state index contributed by atoms with van der Waals surface area (Å²) in [5, 5.41) is 11.1. The van der Waals surface area contributed by atoms with E-state index in [0.29, 0.717) is 23.4 Å². The second-order valence-electron chi connectivity index (χ2n) is 5.82. The standard InChI is InChI=1S/C17H20N4O3/c1-11(22)12-5-6-14(24-2)13(8-12)9-17(23)18-10-16-20-19-15-4-3-7-21(15)16/h5-6,8H,3-4,7,9-10H2,1-2H3,(H,18,23). The van der Waals surface area contributed by atoms with Crippen LogP contribution in [0.2, 0.25) is 0 Å². The first-order valence-electron chi connectivity index (χ1n) is 7.94. The number of fused-ring (bicyclic) bond motifs is 1. The Morgan fingerprint density at radius 3 is 2.92 bits per heavy atom. The molecule has 24 heavy (non-hydrogen) atoms. The molecule has 7 nitrogen and oxygen atoms in total. The lowest BCUT2D eigenvalue weighted by atomic mass is 10.0. The molecule has 0 saturated carbocycles. The summed E-state index contributed by atoms with van der Waals surface area (Å²) < 4.78 is 7.33. The molecule has 7 heteroatoms. The molecule has 2 aromatic rings. The summed E-state index contributed by atoms with van der Waals surface area (Å²) in [6.45, 7) is 2.75. The van der Waals surface area contributed by atoms with Crippen LogP contribution in [0.5, 0.6) is 5.75 Å². The SMILES string of the molecule is COc1ccc(C(C)=O)cc1CC(=O)NCc1nnc2n1CCC2. The Bertz CT molecular complexity index is 782. The second kappa shape index (κ2) is 6.82. The van der Waals surface area contributed by atoms with Crippen LogP contribution in [-0.4, -0.2) is 33.6 Å². The quantitative estimate of drug-likeness (QED) is 0.808. The number of Topliss-reactive ketones (excluding diaryl/α,β-unsaturated/α-hetero) is 1. The third-order valence-corrected chi connectivity index (χ3v) is 4.17. The van der Waals surface area contributed by atoms with Gasteiger partial charge in [-0.25, -0.2) is 0 Å². The Morgan fingerprint density at radius 2 is 2.17 bits per heavy atom. The number of benzene rings is 1. The third-order valence-electron chi connectivity index (χ3n) is 4.17. The minimum absolute atomic E-state index is 0.0432. The lowest BCUT2D eigenvalue weighted by Gasteiger charge is -2.10. The van der Waals surface area contributed by atoms with E-state index < -0.39 is 0 Å². The van der Waals surface area contributed by atoms with Crippen molar-refractivity contribution in [3.8, 4) is 5.75 Å². The van der Waals surface area contributed by atoms with Gasteiger partial charge in [0, 0.05) is 24.1 Å². The van der Waals surface area contributed by atoms with Crippen LogP contribution in [0.1, 0.15) is 40.9 Å².